The van der Waals surface area contributed by atoms with Gasteiger partial charge in [-0.25, -0.2) is 4.98 Å². The van der Waals surface area contributed by atoms with Crippen LogP contribution in [0.3, 0.4) is 0 Å². The van der Waals surface area contributed by atoms with Gasteiger partial charge in [-0.1, -0.05) is 68.1 Å². The van der Waals surface area contributed by atoms with Gasteiger partial charge in [-0.15, -0.1) is 10.2 Å². The summed E-state index contributed by atoms with van der Waals surface area (Å²) < 4.78 is 5.69. The number of aryl methyl sites for hydroxylation is 1. The molecule has 0 amide bonds. The van der Waals surface area contributed by atoms with Gasteiger partial charge >= 0.3 is 0 Å². The number of rotatable bonds is 10. The van der Waals surface area contributed by atoms with Gasteiger partial charge in [-0.05, 0) is 37.5 Å². The molecule has 152 valence electrons. The fourth-order valence-corrected chi connectivity index (χ4v) is 2.62. The Labute approximate surface area is 172 Å². The van der Waals surface area contributed by atoms with Gasteiger partial charge in [0.1, 0.15) is 12.4 Å². The third-order valence-corrected chi connectivity index (χ3v) is 4.10. The number of unbranched alkanes of at least 4 members (excludes halogenated alkanes) is 1. The Hall–Kier alpha value is -3.28. The Morgan fingerprint density at radius 3 is 2.69 bits per heavy atom. The van der Waals surface area contributed by atoms with Crippen LogP contribution in [0.25, 0.3) is 10.9 Å². The van der Waals surface area contributed by atoms with Crippen LogP contribution in [0.15, 0.2) is 73.0 Å². The average molecular weight is 392 g/mol. The quantitative estimate of drug-likeness (QED) is 0.287. The van der Waals surface area contributed by atoms with Crippen LogP contribution in [-0.4, -0.2) is 25.6 Å². The number of H-pyrrole nitrogens is 1. The monoisotopic (exact) mass is 391 g/mol. The number of aromatic nitrogens is 5. The zero-order valence-corrected chi connectivity index (χ0v) is 17.3. The number of hydrogen-bond acceptors (Lipinski definition) is 5. The summed E-state index contributed by atoms with van der Waals surface area (Å²) >= 11 is 0. The van der Waals surface area contributed by atoms with E-state index in [1.807, 2.05) is 56.3 Å². The number of para-hydroxylation sites is 1. The van der Waals surface area contributed by atoms with Crippen molar-refractivity contribution < 1.29 is 4.74 Å². The lowest BCUT2D eigenvalue weighted by Crippen LogP contribution is -1.94. The van der Waals surface area contributed by atoms with Crippen molar-refractivity contribution in [3.63, 3.8) is 0 Å². The molecule has 0 radical (unpaired) electrons. The lowest BCUT2D eigenvalue weighted by atomic mass is 10.1. The number of nitrogens with zero attached hydrogens (tertiary/aromatic N) is 4. The Morgan fingerprint density at radius 2 is 1.90 bits per heavy atom. The topological polar surface area (TPSA) is 76.6 Å². The number of nitrogens with one attached hydrogen (secondary N) is 1. The minimum absolute atomic E-state index is 0.394. The van der Waals surface area contributed by atoms with Gasteiger partial charge < -0.3 is 4.74 Å². The molecule has 0 bridgehead atoms. The van der Waals surface area contributed by atoms with Crippen molar-refractivity contribution in [1.82, 2.24) is 25.6 Å². The molecule has 3 aromatic rings. The molecule has 1 N–H and O–H groups in total. The maximum absolute atomic E-state index is 5.69. The molecule has 29 heavy (non-hydrogen) atoms. The number of tetrazole rings is 1. The van der Waals surface area contributed by atoms with Crippen molar-refractivity contribution in [2.75, 3.05) is 0 Å². The smallest absolute Gasteiger partial charge is 0.174 e. The number of fused-ring (bicyclic) bond motifs is 1. The zero-order valence-electron chi connectivity index (χ0n) is 17.3. The molecule has 1 aromatic carbocycles. The molecule has 2 heterocycles. The van der Waals surface area contributed by atoms with Crippen LogP contribution in [0.5, 0.6) is 0 Å². The van der Waals surface area contributed by atoms with Gasteiger partial charge in [0.2, 0.25) is 0 Å². The van der Waals surface area contributed by atoms with Gasteiger partial charge in [0.15, 0.2) is 5.82 Å². The van der Waals surface area contributed by atoms with E-state index in [1.54, 1.807) is 0 Å². The highest BCUT2D eigenvalue weighted by Crippen LogP contribution is 2.14. The maximum atomic E-state index is 5.69. The van der Waals surface area contributed by atoms with Crippen molar-refractivity contribution in [3.05, 3.63) is 84.6 Å². The molecular weight excluding hydrogens is 362 g/mol. The largest absolute Gasteiger partial charge is 0.488 e. The van der Waals surface area contributed by atoms with Crippen LogP contribution in [0.2, 0.25) is 0 Å². The normalized spacial score (nSPS) is 10.6. The van der Waals surface area contributed by atoms with E-state index in [9.17, 15) is 0 Å². The Morgan fingerprint density at radius 1 is 1.07 bits per heavy atom. The molecule has 3 rings (SSSR count). The fourth-order valence-electron chi connectivity index (χ4n) is 2.62. The number of hydrogen-bond donors (Lipinski definition) is 1. The first-order chi connectivity index (χ1) is 14.2. The van der Waals surface area contributed by atoms with Crippen LogP contribution in [0, 0.1) is 0 Å². The van der Waals surface area contributed by atoms with E-state index < -0.39 is 0 Å². The molecule has 2 aromatic heterocycles. The molecule has 6 nitrogen and oxygen atoms in total. The highest BCUT2D eigenvalue weighted by Gasteiger charge is 2.00. The summed E-state index contributed by atoms with van der Waals surface area (Å²) in [5, 5.41) is 15.0. The summed E-state index contributed by atoms with van der Waals surface area (Å²) in [4.78, 5) is 4.59. The van der Waals surface area contributed by atoms with Crippen molar-refractivity contribution in [3.8, 4) is 0 Å². The number of ether oxygens (including phenoxy) is 1. The summed E-state index contributed by atoms with van der Waals surface area (Å²) in [6.45, 7) is 12.4. The summed E-state index contributed by atoms with van der Waals surface area (Å²) in [6, 6.07) is 12.1. The van der Waals surface area contributed by atoms with Gasteiger partial charge in [0.05, 0.1) is 11.2 Å². The number of allylic oxidation sites excluding steroid dienone is 3. The van der Waals surface area contributed by atoms with Crippen molar-refractivity contribution in [2.24, 2.45) is 0 Å². The van der Waals surface area contributed by atoms with Gasteiger partial charge in [0.25, 0.3) is 0 Å². The number of aromatic amines is 1. The minimum atomic E-state index is 0.394. The highest BCUT2D eigenvalue weighted by molar-refractivity contribution is 5.78. The third kappa shape index (κ3) is 7.70. The lowest BCUT2D eigenvalue weighted by molar-refractivity contribution is 0.209. The molecule has 6 heteroatoms. The molecule has 0 atom stereocenters. The second kappa shape index (κ2) is 12.2. The van der Waals surface area contributed by atoms with Crippen LogP contribution in [-0.2, 0) is 17.8 Å². The second-order valence-corrected chi connectivity index (χ2v) is 6.28. The van der Waals surface area contributed by atoms with Gasteiger partial charge in [0, 0.05) is 11.8 Å². The molecule has 0 aliphatic carbocycles. The predicted octanol–water partition coefficient (Wildman–Crippen LogP) is 5.33. The van der Waals surface area contributed by atoms with Crippen LogP contribution >= 0.6 is 0 Å². The first-order valence-corrected chi connectivity index (χ1v) is 9.95. The Kier molecular flexibility index (Phi) is 9.29. The first kappa shape index (κ1) is 22.0. The van der Waals surface area contributed by atoms with Gasteiger partial charge in [-0.3, -0.25) is 0 Å². The molecule has 0 saturated heterocycles. The second-order valence-electron chi connectivity index (χ2n) is 6.28. The molecule has 0 saturated carbocycles. The molecular formula is C23H29N5O. The molecule has 0 fully saturated rings. The van der Waals surface area contributed by atoms with Crippen LogP contribution in [0.4, 0.5) is 0 Å². The summed E-state index contributed by atoms with van der Waals surface area (Å²) in [6.07, 6.45) is 7.55. The van der Waals surface area contributed by atoms with E-state index in [0.717, 1.165) is 53.7 Å². The third-order valence-electron chi connectivity index (χ3n) is 4.10. The maximum Gasteiger partial charge on any atom is 0.174 e. The van der Waals surface area contributed by atoms with E-state index in [0.29, 0.717) is 12.4 Å². The van der Waals surface area contributed by atoms with Crippen LogP contribution < -0.4 is 0 Å². The van der Waals surface area contributed by atoms with E-state index in [1.165, 1.54) is 0 Å². The summed E-state index contributed by atoms with van der Waals surface area (Å²) in [5.41, 5.74) is 2.88. The first-order valence-electron chi connectivity index (χ1n) is 9.95. The zero-order chi connectivity index (χ0) is 20.9. The van der Waals surface area contributed by atoms with Crippen molar-refractivity contribution in [2.45, 2.75) is 46.1 Å². The standard InChI is InChI=1S/C21H23N5O.C2H6/c1-16(7-3-6-10-21-23-25-26-24-21)11-12-17(2)27-15-19-14-13-18-8-4-5-9-20(18)22-19;1-2/h4-5,8-9,11-14H,1-3,6-7,10,15H2,(H,23,24,25,26);1-2H3/b12-11-;. The number of pyridine rings is 1. The van der Waals surface area contributed by atoms with Crippen LogP contribution in [0.1, 0.15) is 44.6 Å². The highest BCUT2D eigenvalue weighted by atomic mass is 16.5. The molecule has 0 unspecified atom stereocenters. The number of benzene rings is 1. The Bertz CT molecular complexity index is 931. The SMILES string of the molecule is C=C(/C=C\C(=C)OCc1ccc2ccccc2n1)CCCCc1nn[nH]n1.CC. The average Bonchev–Trinajstić information content (AvgIpc) is 3.28. The Balaban J connectivity index is 0.00000145. The van der Waals surface area contributed by atoms with E-state index >= 15 is 0 Å². The van der Waals surface area contributed by atoms with Crippen molar-refractivity contribution >= 4 is 10.9 Å². The van der Waals surface area contributed by atoms with E-state index in [4.69, 9.17) is 4.74 Å². The van der Waals surface area contributed by atoms with Crippen molar-refractivity contribution in [1.29, 1.82) is 0 Å². The fraction of sp³-hybridized carbons (Fsp3) is 0.304. The lowest BCUT2D eigenvalue weighted by Gasteiger charge is -2.06. The van der Waals surface area contributed by atoms with Gasteiger partial charge in [-0.2, -0.15) is 5.21 Å². The predicted molar refractivity (Wildman–Crippen MR) is 117 cm³/mol. The molecule has 0 spiro atoms. The molecule has 0 aliphatic heterocycles. The summed E-state index contributed by atoms with van der Waals surface area (Å²) in [7, 11) is 0. The van der Waals surface area contributed by atoms with E-state index in [-0.39, 0.29) is 0 Å². The summed E-state index contributed by atoms with van der Waals surface area (Å²) in [5.74, 6) is 1.35. The molecule has 0 aliphatic rings. The van der Waals surface area contributed by atoms with E-state index in [2.05, 4.69) is 44.8 Å². The minimum Gasteiger partial charge on any atom is -0.488 e.